The highest BCUT2D eigenvalue weighted by molar-refractivity contribution is 9.10. The van der Waals surface area contributed by atoms with E-state index in [0.29, 0.717) is 20.9 Å². The standard InChI is InChI=1S/C19H18BrF2N5O4S2/c1-2-31-15-8-16(32-18(15)19(28)27-33(23,29)30)14-7-17(26-9-25-14)24-4-3-11-12(21)5-10(20)6-13(11)22/h5-9H,2-4H2,1H3,(H,27,28)(H2,23,29,30)(H,24,25,26). The second kappa shape index (κ2) is 10.5. The van der Waals surface area contributed by atoms with Gasteiger partial charge in [-0.1, -0.05) is 15.9 Å². The van der Waals surface area contributed by atoms with Crippen molar-refractivity contribution in [3.8, 4) is 16.3 Å². The van der Waals surface area contributed by atoms with Gasteiger partial charge in [-0.25, -0.2) is 28.6 Å². The number of amides is 1. The zero-order valence-electron chi connectivity index (χ0n) is 17.1. The average Bonchev–Trinajstić information content (AvgIpc) is 3.13. The van der Waals surface area contributed by atoms with Crippen LogP contribution in [0.25, 0.3) is 10.6 Å². The van der Waals surface area contributed by atoms with Crippen LogP contribution in [0, 0.1) is 11.6 Å². The lowest BCUT2D eigenvalue weighted by molar-refractivity contribution is 0.0982. The van der Waals surface area contributed by atoms with Crippen LogP contribution in [-0.2, 0) is 16.6 Å². The Morgan fingerprint density at radius 1 is 1.21 bits per heavy atom. The van der Waals surface area contributed by atoms with E-state index in [0.717, 1.165) is 11.3 Å². The van der Waals surface area contributed by atoms with Gasteiger partial charge in [0.05, 0.1) is 17.2 Å². The van der Waals surface area contributed by atoms with Crippen molar-refractivity contribution >= 4 is 49.2 Å². The van der Waals surface area contributed by atoms with Crippen LogP contribution >= 0.6 is 27.3 Å². The smallest absolute Gasteiger partial charge is 0.299 e. The third kappa shape index (κ3) is 6.66. The highest BCUT2D eigenvalue weighted by atomic mass is 79.9. The molecule has 0 bridgehead atoms. The molecule has 4 N–H and O–H groups in total. The zero-order valence-corrected chi connectivity index (χ0v) is 20.3. The molecular weight excluding hydrogens is 544 g/mol. The van der Waals surface area contributed by atoms with Gasteiger partial charge in [0.1, 0.15) is 34.4 Å². The number of aromatic nitrogens is 2. The highest BCUT2D eigenvalue weighted by Crippen LogP contribution is 2.36. The third-order valence-electron chi connectivity index (χ3n) is 4.15. The molecule has 0 radical (unpaired) electrons. The van der Waals surface area contributed by atoms with E-state index in [4.69, 9.17) is 9.88 Å². The Morgan fingerprint density at radius 2 is 1.91 bits per heavy atom. The summed E-state index contributed by atoms with van der Waals surface area (Å²) in [5.41, 5.74) is 0.374. The summed E-state index contributed by atoms with van der Waals surface area (Å²) in [6, 6.07) is 5.51. The summed E-state index contributed by atoms with van der Waals surface area (Å²) >= 11 is 4.00. The van der Waals surface area contributed by atoms with E-state index >= 15 is 0 Å². The second-order valence-electron chi connectivity index (χ2n) is 6.53. The summed E-state index contributed by atoms with van der Waals surface area (Å²) in [5.74, 6) is -1.67. The van der Waals surface area contributed by atoms with E-state index in [1.165, 1.54) is 18.5 Å². The van der Waals surface area contributed by atoms with Crippen LogP contribution in [-0.4, -0.2) is 37.4 Å². The minimum atomic E-state index is -4.25. The third-order valence-corrected chi connectivity index (χ3v) is 6.21. The molecule has 2 aromatic heterocycles. The molecule has 0 saturated heterocycles. The quantitative estimate of drug-likeness (QED) is 0.364. The first kappa shape index (κ1) is 25.0. The van der Waals surface area contributed by atoms with Crippen LogP contribution in [0.5, 0.6) is 5.75 Å². The SMILES string of the molecule is CCOc1cc(-c2cc(NCCc3c(F)cc(Br)cc3F)ncn2)sc1C(=O)NS(N)(=O)=O. The number of rotatable bonds is 9. The predicted molar refractivity (Wildman–Crippen MR) is 123 cm³/mol. The lowest BCUT2D eigenvalue weighted by atomic mass is 10.1. The Balaban J connectivity index is 1.77. The number of ether oxygens (including phenoxy) is 1. The molecule has 2 heterocycles. The molecule has 0 aliphatic rings. The first-order chi connectivity index (χ1) is 15.6. The number of hydrogen-bond donors (Lipinski definition) is 3. The number of thiophene rings is 1. The van der Waals surface area contributed by atoms with Crippen LogP contribution in [0.3, 0.4) is 0 Å². The summed E-state index contributed by atoms with van der Waals surface area (Å²) in [6.45, 7) is 2.15. The molecule has 3 rings (SSSR count). The summed E-state index contributed by atoms with van der Waals surface area (Å²) in [5, 5.41) is 7.85. The number of hydrogen-bond acceptors (Lipinski definition) is 8. The molecule has 9 nitrogen and oxygen atoms in total. The van der Waals surface area contributed by atoms with Gasteiger partial charge in [-0.2, -0.15) is 8.42 Å². The number of nitrogens with zero attached hydrogens (tertiary/aromatic N) is 2. The van der Waals surface area contributed by atoms with E-state index in [9.17, 15) is 22.0 Å². The van der Waals surface area contributed by atoms with Crippen molar-refractivity contribution in [2.75, 3.05) is 18.5 Å². The molecule has 0 atom stereocenters. The lowest BCUT2D eigenvalue weighted by Crippen LogP contribution is -2.35. The molecule has 0 saturated carbocycles. The van der Waals surface area contributed by atoms with Crippen LogP contribution in [0.1, 0.15) is 22.2 Å². The maximum Gasteiger partial charge on any atom is 0.299 e. The number of nitrogens with two attached hydrogens (primary N) is 1. The summed E-state index contributed by atoms with van der Waals surface area (Å²) < 4.78 is 57.8. The van der Waals surface area contributed by atoms with E-state index in [2.05, 4.69) is 31.2 Å². The molecule has 0 unspecified atom stereocenters. The molecule has 14 heteroatoms. The largest absolute Gasteiger partial charge is 0.492 e. The van der Waals surface area contributed by atoms with Crippen LogP contribution in [0.2, 0.25) is 0 Å². The van der Waals surface area contributed by atoms with Crippen LogP contribution in [0.15, 0.2) is 35.1 Å². The molecule has 0 aliphatic carbocycles. The van der Waals surface area contributed by atoms with Crippen molar-refractivity contribution in [2.24, 2.45) is 5.14 Å². The van der Waals surface area contributed by atoms with E-state index in [-0.39, 0.29) is 35.8 Å². The van der Waals surface area contributed by atoms with Gasteiger partial charge in [0, 0.05) is 28.7 Å². The number of carbonyl (C=O) groups is 1. The van der Waals surface area contributed by atoms with E-state index in [1.54, 1.807) is 23.8 Å². The van der Waals surface area contributed by atoms with Crippen molar-refractivity contribution in [3.05, 3.63) is 57.1 Å². The van der Waals surface area contributed by atoms with E-state index < -0.39 is 27.8 Å². The fraction of sp³-hybridized carbons (Fsp3) is 0.211. The van der Waals surface area contributed by atoms with Gasteiger partial charge in [-0.05, 0) is 25.5 Å². The predicted octanol–water partition coefficient (Wildman–Crippen LogP) is 3.23. The summed E-state index contributed by atoms with van der Waals surface area (Å²) in [4.78, 5) is 21.0. The topological polar surface area (TPSA) is 136 Å². The fourth-order valence-electron chi connectivity index (χ4n) is 2.81. The number of halogens is 3. The van der Waals surface area contributed by atoms with E-state index in [1.807, 2.05) is 0 Å². The number of nitrogens with one attached hydrogen (secondary N) is 2. The van der Waals surface area contributed by atoms with Crippen molar-refractivity contribution in [3.63, 3.8) is 0 Å². The highest BCUT2D eigenvalue weighted by Gasteiger charge is 2.22. The van der Waals surface area contributed by atoms with Gasteiger partial charge in [0.15, 0.2) is 0 Å². The average molecular weight is 562 g/mol. The Labute approximate surface area is 200 Å². The summed E-state index contributed by atoms with van der Waals surface area (Å²) in [7, 11) is -4.25. The number of carbonyl (C=O) groups excluding carboxylic acids is 1. The first-order valence-corrected chi connectivity index (χ1v) is 12.5. The molecule has 0 aliphatic heterocycles. The summed E-state index contributed by atoms with van der Waals surface area (Å²) in [6.07, 6.45) is 1.36. The van der Waals surface area contributed by atoms with Gasteiger partial charge in [-0.15, -0.1) is 11.3 Å². The monoisotopic (exact) mass is 561 g/mol. The Bertz CT molecular complexity index is 1260. The zero-order chi connectivity index (χ0) is 24.2. The number of anilines is 1. The fourth-order valence-corrected chi connectivity index (χ4v) is 4.60. The normalized spacial score (nSPS) is 11.3. The molecule has 33 heavy (non-hydrogen) atoms. The van der Waals surface area contributed by atoms with Gasteiger partial charge in [0.2, 0.25) is 0 Å². The van der Waals surface area contributed by atoms with Crippen LogP contribution < -0.4 is 19.9 Å². The van der Waals surface area contributed by atoms with Gasteiger partial charge < -0.3 is 10.1 Å². The molecule has 1 aromatic carbocycles. The van der Waals surface area contributed by atoms with Gasteiger partial charge in [-0.3, -0.25) is 4.79 Å². The maximum atomic E-state index is 14.0. The second-order valence-corrected chi connectivity index (χ2v) is 9.79. The van der Waals surface area contributed by atoms with Crippen molar-refractivity contribution in [1.29, 1.82) is 0 Å². The minimum absolute atomic E-state index is 0.00943. The number of benzene rings is 1. The first-order valence-electron chi connectivity index (χ1n) is 9.38. The van der Waals surface area contributed by atoms with Crippen molar-refractivity contribution < 1.29 is 26.7 Å². The lowest BCUT2D eigenvalue weighted by Gasteiger charge is -2.08. The van der Waals surface area contributed by atoms with Crippen molar-refractivity contribution in [1.82, 2.24) is 14.7 Å². The Morgan fingerprint density at radius 3 is 2.55 bits per heavy atom. The Kier molecular flexibility index (Phi) is 7.94. The van der Waals surface area contributed by atoms with Crippen LogP contribution in [0.4, 0.5) is 14.6 Å². The molecular formula is C19H18BrF2N5O4S2. The molecule has 1 amide bonds. The van der Waals surface area contributed by atoms with Gasteiger partial charge >= 0.3 is 0 Å². The molecule has 176 valence electrons. The molecule has 0 spiro atoms. The van der Waals surface area contributed by atoms with Gasteiger partial charge in [0.25, 0.3) is 16.1 Å². The molecule has 3 aromatic rings. The molecule has 0 fully saturated rings. The maximum absolute atomic E-state index is 14.0. The minimum Gasteiger partial charge on any atom is -0.492 e. The van der Waals surface area contributed by atoms with Crippen molar-refractivity contribution in [2.45, 2.75) is 13.3 Å². The Hall–Kier alpha value is -2.68.